The topological polar surface area (TPSA) is 90.4 Å². The third-order valence-electron chi connectivity index (χ3n) is 5.33. The van der Waals surface area contributed by atoms with Gasteiger partial charge in [-0.05, 0) is 74.4 Å². The molecule has 0 spiro atoms. The van der Waals surface area contributed by atoms with E-state index in [9.17, 15) is 9.90 Å². The third-order valence-corrected chi connectivity index (χ3v) is 6.45. The Morgan fingerprint density at radius 1 is 1.18 bits per heavy atom. The molecule has 1 aliphatic heterocycles. The summed E-state index contributed by atoms with van der Waals surface area (Å²) in [5, 5.41) is 16.8. The predicted molar refractivity (Wildman–Crippen MR) is 133 cm³/mol. The number of aliphatic hydroxyl groups is 1. The molecular weight excluding hydrogens is 434 g/mol. The molecule has 1 saturated heterocycles. The Morgan fingerprint density at radius 2 is 1.91 bits per heavy atom. The number of hydrogen-bond acceptors (Lipinski definition) is 7. The highest BCUT2D eigenvalue weighted by molar-refractivity contribution is 7.99. The van der Waals surface area contributed by atoms with Crippen molar-refractivity contribution in [3.8, 4) is 0 Å². The van der Waals surface area contributed by atoms with Gasteiger partial charge in [-0.3, -0.25) is 4.79 Å². The average Bonchev–Trinajstić information content (AvgIpc) is 2.83. The molecule has 1 atom stereocenters. The van der Waals surface area contributed by atoms with Gasteiger partial charge in [0.05, 0.1) is 6.10 Å². The van der Waals surface area contributed by atoms with E-state index in [0.717, 1.165) is 46.2 Å². The van der Waals surface area contributed by atoms with E-state index in [1.54, 1.807) is 6.20 Å². The molecule has 0 aliphatic carbocycles. The number of anilines is 4. The molecule has 1 aliphatic rings. The van der Waals surface area contributed by atoms with Gasteiger partial charge in [-0.1, -0.05) is 18.3 Å². The minimum absolute atomic E-state index is 0.237. The van der Waals surface area contributed by atoms with Crippen LogP contribution in [-0.2, 0) is 4.79 Å². The van der Waals surface area contributed by atoms with E-state index in [1.165, 1.54) is 17.8 Å². The highest BCUT2D eigenvalue weighted by atomic mass is 32.2. The van der Waals surface area contributed by atoms with Crippen molar-refractivity contribution < 1.29 is 9.90 Å². The van der Waals surface area contributed by atoms with Crippen LogP contribution in [0.15, 0.2) is 77.3 Å². The minimum Gasteiger partial charge on any atom is -0.391 e. The lowest BCUT2D eigenvalue weighted by Crippen LogP contribution is -2.38. The van der Waals surface area contributed by atoms with Crippen molar-refractivity contribution in [2.45, 2.75) is 35.8 Å². The van der Waals surface area contributed by atoms with Gasteiger partial charge in [0.2, 0.25) is 11.9 Å². The molecule has 7 nitrogen and oxygen atoms in total. The van der Waals surface area contributed by atoms with Crippen LogP contribution < -0.4 is 15.5 Å². The molecule has 0 radical (unpaired) electrons. The van der Waals surface area contributed by atoms with Crippen molar-refractivity contribution in [2.24, 2.45) is 0 Å². The lowest BCUT2D eigenvalue weighted by Gasteiger charge is -2.32. The zero-order valence-electron chi connectivity index (χ0n) is 18.5. The van der Waals surface area contributed by atoms with E-state index in [4.69, 9.17) is 0 Å². The molecule has 0 bridgehead atoms. The van der Waals surface area contributed by atoms with Crippen molar-refractivity contribution in [3.05, 3.63) is 72.9 Å². The number of rotatable bonds is 7. The quantitative estimate of drug-likeness (QED) is 0.345. The summed E-state index contributed by atoms with van der Waals surface area (Å²) in [4.78, 5) is 23.8. The Morgan fingerprint density at radius 3 is 2.61 bits per heavy atom. The Bertz CT molecular complexity index is 1120. The summed E-state index contributed by atoms with van der Waals surface area (Å²) in [7, 11) is 0. The second kappa shape index (κ2) is 10.5. The highest BCUT2D eigenvalue weighted by Crippen LogP contribution is 2.30. The van der Waals surface area contributed by atoms with Crippen LogP contribution in [0.4, 0.5) is 23.0 Å². The van der Waals surface area contributed by atoms with Crippen LogP contribution in [-0.4, -0.2) is 40.2 Å². The van der Waals surface area contributed by atoms with Crippen LogP contribution in [0.2, 0.25) is 0 Å². The molecule has 0 saturated carbocycles. The Labute approximate surface area is 198 Å². The number of piperidine rings is 1. The first kappa shape index (κ1) is 22.8. The molecule has 1 aromatic heterocycles. The van der Waals surface area contributed by atoms with Crippen LogP contribution in [0.3, 0.4) is 0 Å². The molecule has 170 valence electrons. The minimum atomic E-state index is -0.254. The summed E-state index contributed by atoms with van der Waals surface area (Å²) in [5.74, 6) is 0.290. The molecule has 1 amide bonds. The number of nitrogens with one attached hydrogen (secondary N) is 2. The molecular formula is C25H27N5O2S. The molecule has 4 rings (SSSR count). The normalized spacial score (nSPS) is 15.7. The van der Waals surface area contributed by atoms with Crippen LogP contribution in [0, 0.1) is 6.92 Å². The summed E-state index contributed by atoms with van der Waals surface area (Å²) in [6.07, 6.45) is 4.67. The summed E-state index contributed by atoms with van der Waals surface area (Å²) in [6.45, 7) is 7.08. The molecule has 33 heavy (non-hydrogen) atoms. The molecule has 1 fully saturated rings. The number of β-amino-alcohol motifs (C(OH)–C–C–N with tert-alkyl or cyclic N) is 1. The van der Waals surface area contributed by atoms with Gasteiger partial charge >= 0.3 is 0 Å². The lowest BCUT2D eigenvalue weighted by molar-refractivity contribution is -0.111. The van der Waals surface area contributed by atoms with E-state index < -0.39 is 0 Å². The SMILES string of the molecule is C=CC(=O)Nc1ccc(Sc2nc(Nc3ccc(N4CCCC(O)C4)cc3)ncc2C)cc1. The second-order valence-electron chi connectivity index (χ2n) is 7.92. The Hall–Kier alpha value is -3.36. The number of carbonyl (C=O) groups is 1. The van der Waals surface area contributed by atoms with Gasteiger partial charge in [-0.2, -0.15) is 0 Å². The number of carbonyl (C=O) groups excluding carboxylic acids is 1. The van der Waals surface area contributed by atoms with Crippen molar-refractivity contribution in [1.82, 2.24) is 9.97 Å². The molecule has 3 aromatic rings. The standard InChI is InChI=1S/C25H27N5O2S/c1-3-23(32)27-18-8-12-22(13-9-18)33-24-17(2)15-26-25(29-24)28-19-6-10-20(11-7-19)30-14-4-5-21(31)16-30/h3,6-13,15,21,31H,1,4-5,14,16H2,2H3,(H,27,32)(H,26,28,29). The van der Waals surface area contributed by atoms with E-state index in [-0.39, 0.29) is 12.0 Å². The zero-order chi connectivity index (χ0) is 23.2. The third kappa shape index (κ3) is 6.12. The Kier molecular flexibility index (Phi) is 7.26. The highest BCUT2D eigenvalue weighted by Gasteiger charge is 2.17. The fourth-order valence-corrected chi connectivity index (χ4v) is 4.42. The number of aliphatic hydroxyl groups excluding tert-OH is 1. The van der Waals surface area contributed by atoms with Crippen LogP contribution in [0.25, 0.3) is 0 Å². The Balaban J connectivity index is 1.42. The maximum Gasteiger partial charge on any atom is 0.247 e. The van der Waals surface area contributed by atoms with Crippen LogP contribution in [0.5, 0.6) is 0 Å². The summed E-state index contributed by atoms with van der Waals surface area (Å²) < 4.78 is 0. The van der Waals surface area contributed by atoms with E-state index >= 15 is 0 Å². The monoisotopic (exact) mass is 461 g/mol. The maximum absolute atomic E-state index is 11.4. The van der Waals surface area contributed by atoms with Gasteiger partial charge in [0.25, 0.3) is 0 Å². The predicted octanol–water partition coefficient (Wildman–Crippen LogP) is 4.77. The lowest BCUT2D eigenvalue weighted by atomic mass is 10.1. The number of aromatic nitrogens is 2. The first-order valence-electron chi connectivity index (χ1n) is 10.9. The average molecular weight is 462 g/mol. The number of nitrogens with zero attached hydrogens (tertiary/aromatic N) is 3. The summed E-state index contributed by atoms with van der Waals surface area (Å²) in [6, 6.07) is 15.7. The molecule has 2 aromatic carbocycles. The number of hydrogen-bond donors (Lipinski definition) is 3. The molecule has 1 unspecified atom stereocenters. The van der Waals surface area contributed by atoms with Crippen LogP contribution >= 0.6 is 11.8 Å². The number of amides is 1. The maximum atomic E-state index is 11.4. The fourth-order valence-electron chi connectivity index (χ4n) is 3.58. The van der Waals surface area contributed by atoms with Gasteiger partial charge < -0.3 is 20.6 Å². The molecule has 2 heterocycles. The molecule has 8 heteroatoms. The summed E-state index contributed by atoms with van der Waals surface area (Å²) >= 11 is 1.54. The van der Waals surface area contributed by atoms with E-state index in [2.05, 4.69) is 44.2 Å². The van der Waals surface area contributed by atoms with Crippen molar-refractivity contribution in [2.75, 3.05) is 28.6 Å². The van der Waals surface area contributed by atoms with Crippen molar-refractivity contribution in [3.63, 3.8) is 0 Å². The first-order chi connectivity index (χ1) is 16.0. The molecule has 3 N–H and O–H groups in total. The van der Waals surface area contributed by atoms with Crippen molar-refractivity contribution in [1.29, 1.82) is 0 Å². The zero-order valence-corrected chi connectivity index (χ0v) is 19.3. The fraction of sp³-hybridized carbons (Fsp3) is 0.240. The van der Waals surface area contributed by atoms with Gasteiger partial charge in [-0.15, -0.1) is 0 Å². The second-order valence-corrected chi connectivity index (χ2v) is 8.98. The number of benzene rings is 2. The first-order valence-corrected chi connectivity index (χ1v) is 11.7. The van der Waals surface area contributed by atoms with Gasteiger partial charge in [-0.25, -0.2) is 9.97 Å². The summed E-state index contributed by atoms with van der Waals surface area (Å²) in [5.41, 5.74) is 3.70. The smallest absolute Gasteiger partial charge is 0.247 e. The van der Waals surface area contributed by atoms with Gasteiger partial charge in [0.1, 0.15) is 5.03 Å². The van der Waals surface area contributed by atoms with Crippen molar-refractivity contribution >= 4 is 40.7 Å². The van der Waals surface area contributed by atoms with Gasteiger partial charge in [0.15, 0.2) is 0 Å². The largest absolute Gasteiger partial charge is 0.391 e. The van der Waals surface area contributed by atoms with E-state index in [1.807, 2.05) is 43.3 Å². The van der Waals surface area contributed by atoms with Gasteiger partial charge in [0, 0.05) is 46.8 Å². The van der Waals surface area contributed by atoms with E-state index in [0.29, 0.717) is 18.2 Å². The number of aryl methyl sites for hydroxylation is 1. The van der Waals surface area contributed by atoms with Crippen LogP contribution in [0.1, 0.15) is 18.4 Å².